The van der Waals surface area contributed by atoms with Crippen molar-refractivity contribution in [3.05, 3.63) is 64.9 Å². The van der Waals surface area contributed by atoms with Gasteiger partial charge in [0.15, 0.2) is 6.61 Å². The highest BCUT2D eigenvalue weighted by Crippen LogP contribution is 2.09. The molecule has 0 aliphatic rings. The average molecular weight is 365 g/mol. The topological polar surface area (TPSA) is 84.5 Å². The minimum Gasteiger partial charge on any atom is -0.454 e. The van der Waals surface area contributed by atoms with Crippen LogP contribution in [0.5, 0.6) is 0 Å². The molecule has 2 aromatic rings. The maximum absolute atomic E-state index is 13.0. The lowest BCUT2D eigenvalue weighted by Gasteiger charge is -2.08. The molecule has 130 valence electrons. The highest BCUT2D eigenvalue weighted by molar-refractivity contribution is 6.30. The maximum atomic E-state index is 13.0. The van der Waals surface area contributed by atoms with Gasteiger partial charge in [0, 0.05) is 16.3 Å². The van der Waals surface area contributed by atoms with Crippen LogP contribution in [0.4, 0.5) is 10.1 Å². The Morgan fingerprint density at radius 2 is 1.80 bits per heavy atom. The number of carbonyl (C=O) groups excluding carboxylic acids is 3. The molecule has 2 rings (SSSR count). The molecule has 0 aromatic heterocycles. The first-order valence-electron chi connectivity index (χ1n) is 7.19. The molecule has 2 aromatic carbocycles. The predicted octanol–water partition coefficient (Wildman–Crippen LogP) is 2.39. The van der Waals surface area contributed by atoms with E-state index in [1.807, 2.05) is 0 Å². The van der Waals surface area contributed by atoms with Crippen molar-refractivity contribution < 1.29 is 23.5 Å². The summed E-state index contributed by atoms with van der Waals surface area (Å²) >= 11 is 5.72. The molecule has 0 saturated carbocycles. The van der Waals surface area contributed by atoms with Crippen molar-refractivity contribution in [1.82, 2.24) is 5.32 Å². The molecule has 0 spiro atoms. The second kappa shape index (κ2) is 8.79. The fraction of sp³-hybridized carbons (Fsp3) is 0.118. The maximum Gasteiger partial charge on any atom is 0.325 e. The Morgan fingerprint density at radius 1 is 1.08 bits per heavy atom. The number of rotatable bonds is 6. The molecule has 0 bridgehead atoms. The van der Waals surface area contributed by atoms with E-state index in [9.17, 15) is 18.8 Å². The van der Waals surface area contributed by atoms with Crippen LogP contribution in [-0.4, -0.2) is 30.9 Å². The number of anilines is 1. The van der Waals surface area contributed by atoms with Gasteiger partial charge in [0.25, 0.3) is 11.8 Å². The molecular formula is C17H14ClFN2O4. The van der Waals surface area contributed by atoms with Gasteiger partial charge in [-0.2, -0.15) is 0 Å². The molecule has 0 heterocycles. The quantitative estimate of drug-likeness (QED) is 0.771. The van der Waals surface area contributed by atoms with Crippen molar-refractivity contribution in [1.29, 1.82) is 0 Å². The van der Waals surface area contributed by atoms with Crippen molar-refractivity contribution in [2.45, 2.75) is 0 Å². The number of carbonyl (C=O) groups is 3. The van der Waals surface area contributed by atoms with Gasteiger partial charge in [-0.1, -0.05) is 17.7 Å². The summed E-state index contributed by atoms with van der Waals surface area (Å²) in [5.41, 5.74) is 0.582. The van der Waals surface area contributed by atoms with E-state index in [1.165, 1.54) is 30.3 Å². The molecular weight excluding hydrogens is 351 g/mol. The summed E-state index contributed by atoms with van der Waals surface area (Å²) in [4.78, 5) is 34.9. The first kappa shape index (κ1) is 18.4. The van der Waals surface area contributed by atoms with Crippen LogP contribution in [0.1, 0.15) is 10.4 Å². The lowest BCUT2D eigenvalue weighted by molar-refractivity contribution is -0.146. The molecule has 0 atom stereocenters. The molecule has 0 aliphatic carbocycles. The fourth-order valence-corrected chi connectivity index (χ4v) is 1.94. The van der Waals surface area contributed by atoms with Gasteiger partial charge >= 0.3 is 5.97 Å². The minimum atomic E-state index is -0.781. The number of halogens is 2. The summed E-state index contributed by atoms with van der Waals surface area (Å²) in [5.74, 6) is -2.38. The molecule has 2 amide bonds. The predicted molar refractivity (Wildman–Crippen MR) is 89.8 cm³/mol. The van der Waals surface area contributed by atoms with Crippen LogP contribution in [-0.2, 0) is 14.3 Å². The summed E-state index contributed by atoms with van der Waals surface area (Å²) in [5, 5.41) is 5.23. The van der Waals surface area contributed by atoms with Crippen molar-refractivity contribution in [2.24, 2.45) is 0 Å². The van der Waals surface area contributed by atoms with Crippen LogP contribution in [0.25, 0.3) is 0 Å². The van der Waals surface area contributed by atoms with Crippen LogP contribution in [0, 0.1) is 5.82 Å². The summed E-state index contributed by atoms with van der Waals surface area (Å²) in [7, 11) is 0. The van der Waals surface area contributed by atoms with Crippen LogP contribution < -0.4 is 10.6 Å². The van der Waals surface area contributed by atoms with E-state index in [0.29, 0.717) is 10.6 Å². The average Bonchev–Trinajstić information content (AvgIpc) is 2.58. The zero-order valence-electron chi connectivity index (χ0n) is 12.9. The highest BCUT2D eigenvalue weighted by atomic mass is 35.5. The van der Waals surface area contributed by atoms with Crippen LogP contribution >= 0.6 is 11.6 Å². The summed E-state index contributed by atoms with van der Waals surface area (Å²) < 4.78 is 17.7. The summed E-state index contributed by atoms with van der Waals surface area (Å²) in [6, 6.07) is 11.4. The van der Waals surface area contributed by atoms with Gasteiger partial charge in [0.2, 0.25) is 0 Å². The van der Waals surface area contributed by atoms with Crippen LogP contribution in [0.3, 0.4) is 0 Å². The van der Waals surface area contributed by atoms with Crippen molar-refractivity contribution in [3.8, 4) is 0 Å². The van der Waals surface area contributed by atoms with E-state index in [1.54, 1.807) is 12.1 Å². The van der Waals surface area contributed by atoms with E-state index in [2.05, 4.69) is 10.6 Å². The Morgan fingerprint density at radius 3 is 2.48 bits per heavy atom. The number of hydrogen-bond acceptors (Lipinski definition) is 4. The lowest BCUT2D eigenvalue weighted by atomic mass is 10.2. The molecule has 0 aliphatic heterocycles. The lowest BCUT2D eigenvalue weighted by Crippen LogP contribution is -2.32. The fourth-order valence-electron chi connectivity index (χ4n) is 1.82. The first-order chi connectivity index (χ1) is 11.9. The number of esters is 1. The zero-order valence-corrected chi connectivity index (χ0v) is 13.7. The largest absolute Gasteiger partial charge is 0.454 e. The smallest absolute Gasteiger partial charge is 0.325 e. The van der Waals surface area contributed by atoms with E-state index in [4.69, 9.17) is 16.3 Å². The second-order valence-electron chi connectivity index (χ2n) is 4.91. The zero-order chi connectivity index (χ0) is 18.2. The van der Waals surface area contributed by atoms with Gasteiger partial charge in [-0.15, -0.1) is 0 Å². The third kappa shape index (κ3) is 6.23. The Balaban J connectivity index is 1.72. The molecule has 8 heteroatoms. The molecule has 0 radical (unpaired) electrons. The molecule has 6 nitrogen and oxygen atoms in total. The Kier molecular flexibility index (Phi) is 6.47. The first-order valence-corrected chi connectivity index (χ1v) is 7.56. The van der Waals surface area contributed by atoms with Gasteiger partial charge in [0.05, 0.1) is 0 Å². The van der Waals surface area contributed by atoms with E-state index in [0.717, 1.165) is 6.07 Å². The SMILES string of the molecule is O=C(COC(=O)CNC(=O)c1ccc(Cl)cc1)Nc1cccc(F)c1. The minimum absolute atomic E-state index is 0.247. The van der Waals surface area contributed by atoms with Crippen LogP contribution in [0.2, 0.25) is 5.02 Å². The van der Waals surface area contributed by atoms with Crippen molar-refractivity contribution in [2.75, 3.05) is 18.5 Å². The van der Waals surface area contributed by atoms with Gasteiger partial charge in [-0.05, 0) is 42.5 Å². The van der Waals surface area contributed by atoms with E-state index in [-0.39, 0.29) is 5.69 Å². The van der Waals surface area contributed by atoms with Gasteiger partial charge in [0.1, 0.15) is 12.4 Å². The standard InChI is InChI=1S/C17H14ClFN2O4/c18-12-6-4-11(5-7-12)17(24)20-9-16(23)25-10-15(22)21-14-3-1-2-13(19)8-14/h1-8H,9-10H2,(H,20,24)(H,21,22). The number of ether oxygens (including phenoxy) is 1. The molecule has 0 saturated heterocycles. The molecule has 25 heavy (non-hydrogen) atoms. The van der Waals surface area contributed by atoms with Crippen LogP contribution in [0.15, 0.2) is 48.5 Å². The summed E-state index contributed by atoms with van der Waals surface area (Å²) in [6.45, 7) is -0.944. The number of benzene rings is 2. The monoisotopic (exact) mass is 364 g/mol. The van der Waals surface area contributed by atoms with Crippen molar-refractivity contribution >= 4 is 35.1 Å². The van der Waals surface area contributed by atoms with Gasteiger partial charge in [-0.25, -0.2) is 4.39 Å². The highest BCUT2D eigenvalue weighted by Gasteiger charge is 2.11. The Labute approximate surface area is 147 Å². The molecule has 0 unspecified atom stereocenters. The number of amides is 2. The van der Waals surface area contributed by atoms with E-state index >= 15 is 0 Å². The molecule has 2 N–H and O–H groups in total. The van der Waals surface area contributed by atoms with Crippen molar-refractivity contribution in [3.63, 3.8) is 0 Å². The third-order valence-electron chi connectivity index (χ3n) is 2.97. The van der Waals surface area contributed by atoms with Gasteiger partial charge in [-0.3, -0.25) is 14.4 Å². The normalized spacial score (nSPS) is 10.0. The molecule has 0 fully saturated rings. The van der Waals surface area contributed by atoms with Gasteiger partial charge < -0.3 is 15.4 Å². The Hall–Kier alpha value is -2.93. The Bertz CT molecular complexity index is 780. The third-order valence-corrected chi connectivity index (χ3v) is 3.22. The number of hydrogen-bond donors (Lipinski definition) is 2. The summed E-state index contributed by atoms with van der Waals surface area (Å²) in [6.07, 6.45) is 0. The van der Waals surface area contributed by atoms with E-state index < -0.39 is 36.8 Å². The second-order valence-corrected chi connectivity index (χ2v) is 5.35. The number of nitrogens with one attached hydrogen (secondary N) is 2.